The first-order valence-electron chi connectivity index (χ1n) is 7.98. The molecule has 3 N–H and O–H groups in total. The summed E-state index contributed by atoms with van der Waals surface area (Å²) < 4.78 is 5.20. The summed E-state index contributed by atoms with van der Waals surface area (Å²) in [4.78, 5) is 11.7. The van der Waals surface area contributed by atoms with Crippen LogP contribution in [-0.2, 0) is 11.3 Å². The highest BCUT2D eigenvalue weighted by molar-refractivity contribution is 5.76. The van der Waals surface area contributed by atoms with Gasteiger partial charge in [0.2, 0.25) is 0 Å². The summed E-state index contributed by atoms with van der Waals surface area (Å²) in [7, 11) is 0. The number of carbonyl (C=O) groups excluding carboxylic acids is 1. The molecule has 0 radical (unpaired) electrons. The Bertz CT molecular complexity index is 635. The molecule has 0 aliphatic heterocycles. The maximum Gasteiger partial charge on any atom is 0.407 e. The number of aliphatic hydroxyl groups is 2. The van der Waals surface area contributed by atoms with Gasteiger partial charge < -0.3 is 20.3 Å². The number of hydrogen-bond donors (Lipinski definition) is 3. The Labute approximate surface area is 143 Å². The van der Waals surface area contributed by atoms with E-state index < -0.39 is 11.7 Å². The van der Waals surface area contributed by atoms with E-state index in [1.165, 1.54) is 6.08 Å². The summed E-state index contributed by atoms with van der Waals surface area (Å²) in [6, 6.07) is 7.41. The predicted molar refractivity (Wildman–Crippen MR) is 95.7 cm³/mol. The number of alkyl carbamates (subject to hydrolysis) is 1. The molecule has 0 fully saturated rings. The molecule has 0 unspecified atom stereocenters. The van der Waals surface area contributed by atoms with Gasteiger partial charge in [-0.2, -0.15) is 0 Å². The Morgan fingerprint density at radius 3 is 2.50 bits per heavy atom. The van der Waals surface area contributed by atoms with Crippen LogP contribution < -0.4 is 5.32 Å². The molecule has 0 spiro atoms. The van der Waals surface area contributed by atoms with E-state index in [1.54, 1.807) is 27.7 Å². The van der Waals surface area contributed by atoms with Gasteiger partial charge in [-0.15, -0.1) is 0 Å². The van der Waals surface area contributed by atoms with Gasteiger partial charge >= 0.3 is 6.09 Å². The van der Waals surface area contributed by atoms with Crippen LogP contribution in [0.5, 0.6) is 0 Å². The maximum atomic E-state index is 11.7. The van der Waals surface area contributed by atoms with Gasteiger partial charge in [-0.25, -0.2) is 4.79 Å². The fraction of sp³-hybridized carbons (Fsp3) is 0.421. The zero-order valence-electron chi connectivity index (χ0n) is 15.0. The van der Waals surface area contributed by atoms with E-state index in [0.717, 1.165) is 11.1 Å². The van der Waals surface area contributed by atoms with Gasteiger partial charge in [0.1, 0.15) is 5.60 Å². The summed E-state index contributed by atoms with van der Waals surface area (Å²) in [5.74, 6) is 0.308. The Morgan fingerprint density at radius 1 is 1.29 bits per heavy atom. The molecule has 0 aliphatic carbocycles. The molecule has 0 aromatic heterocycles. The average Bonchev–Trinajstić information content (AvgIpc) is 2.48. The fourth-order valence-electron chi connectivity index (χ4n) is 2.07. The summed E-state index contributed by atoms with van der Waals surface area (Å²) in [5, 5.41) is 22.3. The van der Waals surface area contributed by atoms with Crippen LogP contribution in [0.3, 0.4) is 0 Å². The minimum absolute atomic E-state index is 0.113. The van der Waals surface area contributed by atoms with Crippen LogP contribution in [0.4, 0.5) is 4.79 Å². The first kappa shape index (κ1) is 19.6. The lowest BCUT2D eigenvalue weighted by Gasteiger charge is -2.19. The van der Waals surface area contributed by atoms with Crippen molar-refractivity contribution in [2.45, 2.75) is 53.2 Å². The minimum atomic E-state index is -0.543. The minimum Gasteiger partial charge on any atom is -0.513 e. The zero-order valence-corrected chi connectivity index (χ0v) is 15.0. The summed E-state index contributed by atoms with van der Waals surface area (Å²) >= 11 is 0. The molecular formula is C19H27NO4. The van der Waals surface area contributed by atoms with Crippen molar-refractivity contribution in [1.29, 1.82) is 0 Å². The van der Waals surface area contributed by atoms with Gasteiger partial charge in [-0.1, -0.05) is 25.1 Å². The zero-order chi connectivity index (χ0) is 18.3. The van der Waals surface area contributed by atoms with Gasteiger partial charge in [0, 0.05) is 18.5 Å². The van der Waals surface area contributed by atoms with E-state index in [-0.39, 0.29) is 11.5 Å². The Balaban J connectivity index is 2.94. The number of benzene rings is 1. The second kappa shape index (κ2) is 8.43. The van der Waals surface area contributed by atoms with Crippen molar-refractivity contribution in [3.8, 4) is 0 Å². The molecule has 1 aromatic rings. The largest absolute Gasteiger partial charge is 0.513 e. The summed E-state index contributed by atoms with van der Waals surface area (Å²) in [6.45, 7) is 9.12. The van der Waals surface area contributed by atoms with Crippen molar-refractivity contribution in [3.63, 3.8) is 0 Å². The van der Waals surface area contributed by atoms with E-state index in [2.05, 4.69) is 5.32 Å². The highest BCUT2D eigenvalue weighted by Gasteiger charge is 2.15. The second-order valence-electron chi connectivity index (χ2n) is 6.56. The molecule has 1 aromatic carbocycles. The standard InChI is InChI=1S/C19H27NO4/c1-6-17(22)16(10-13(2)21)15-9-7-8-14(11-15)12-20-18(23)24-19(3,4)5/h7-11,21-22H,6,12H2,1-5H3,(H,20,23)/b13-10+,17-16-. The molecule has 0 heterocycles. The van der Waals surface area contributed by atoms with E-state index in [9.17, 15) is 15.0 Å². The van der Waals surface area contributed by atoms with Crippen molar-refractivity contribution < 1.29 is 19.7 Å². The van der Waals surface area contributed by atoms with E-state index in [1.807, 2.05) is 31.2 Å². The molecule has 5 nitrogen and oxygen atoms in total. The molecule has 5 heteroatoms. The van der Waals surface area contributed by atoms with Gasteiger partial charge in [-0.05, 0) is 51.0 Å². The van der Waals surface area contributed by atoms with Gasteiger partial charge in [0.05, 0.1) is 11.5 Å². The van der Waals surface area contributed by atoms with Crippen LogP contribution in [0.2, 0.25) is 0 Å². The third-order valence-corrected chi connectivity index (χ3v) is 3.07. The van der Waals surface area contributed by atoms with Gasteiger partial charge in [0.15, 0.2) is 0 Å². The number of aliphatic hydroxyl groups excluding tert-OH is 2. The molecule has 1 amide bonds. The number of hydrogen-bond acceptors (Lipinski definition) is 4. The van der Waals surface area contributed by atoms with Gasteiger partial charge in [-0.3, -0.25) is 0 Å². The first-order chi connectivity index (χ1) is 11.1. The molecular weight excluding hydrogens is 306 g/mol. The maximum absolute atomic E-state index is 11.7. The molecule has 0 saturated carbocycles. The number of ether oxygens (including phenoxy) is 1. The monoisotopic (exact) mass is 333 g/mol. The first-order valence-corrected chi connectivity index (χ1v) is 7.98. The highest BCUT2D eigenvalue weighted by atomic mass is 16.6. The summed E-state index contributed by atoms with van der Waals surface area (Å²) in [6.07, 6.45) is 1.50. The molecule has 0 saturated heterocycles. The fourth-order valence-corrected chi connectivity index (χ4v) is 2.07. The molecule has 0 atom stereocenters. The average molecular weight is 333 g/mol. The lowest BCUT2D eigenvalue weighted by atomic mass is 10.0. The van der Waals surface area contributed by atoms with E-state index >= 15 is 0 Å². The highest BCUT2D eigenvalue weighted by Crippen LogP contribution is 2.23. The third kappa shape index (κ3) is 6.77. The molecule has 24 heavy (non-hydrogen) atoms. The van der Waals surface area contributed by atoms with Crippen LogP contribution in [0.1, 0.15) is 52.2 Å². The lowest BCUT2D eigenvalue weighted by molar-refractivity contribution is 0.0523. The Morgan fingerprint density at radius 2 is 1.96 bits per heavy atom. The van der Waals surface area contributed by atoms with Crippen LogP contribution in [0.25, 0.3) is 5.57 Å². The summed E-state index contributed by atoms with van der Waals surface area (Å²) in [5.41, 5.74) is 1.66. The van der Waals surface area contributed by atoms with Crippen LogP contribution in [-0.4, -0.2) is 21.9 Å². The topological polar surface area (TPSA) is 78.8 Å². The number of allylic oxidation sites excluding steroid dienone is 4. The van der Waals surface area contributed by atoms with Crippen molar-refractivity contribution in [2.75, 3.05) is 0 Å². The Kier molecular flexibility index (Phi) is 6.89. The molecule has 0 bridgehead atoms. The van der Waals surface area contributed by atoms with Crippen LogP contribution >= 0.6 is 0 Å². The lowest BCUT2D eigenvalue weighted by Crippen LogP contribution is -2.32. The van der Waals surface area contributed by atoms with Crippen molar-refractivity contribution in [2.24, 2.45) is 0 Å². The second-order valence-corrected chi connectivity index (χ2v) is 6.56. The quantitative estimate of drug-likeness (QED) is 0.531. The van der Waals surface area contributed by atoms with Crippen LogP contribution in [0, 0.1) is 0 Å². The number of nitrogens with one attached hydrogen (secondary N) is 1. The molecule has 1 rings (SSSR count). The number of amides is 1. The Hall–Kier alpha value is -2.43. The van der Waals surface area contributed by atoms with Crippen molar-refractivity contribution in [3.05, 3.63) is 53.0 Å². The van der Waals surface area contributed by atoms with Gasteiger partial charge in [0.25, 0.3) is 0 Å². The van der Waals surface area contributed by atoms with Crippen molar-refractivity contribution in [1.82, 2.24) is 5.32 Å². The molecule has 132 valence electrons. The van der Waals surface area contributed by atoms with Crippen LogP contribution in [0.15, 0.2) is 41.9 Å². The normalized spacial score (nSPS) is 13.3. The number of carbonyl (C=O) groups is 1. The molecule has 0 aliphatic rings. The third-order valence-electron chi connectivity index (χ3n) is 3.07. The smallest absolute Gasteiger partial charge is 0.407 e. The number of rotatable bonds is 5. The van der Waals surface area contributed by atoms with E-state index in [4.69, 9.17) is 4.74 Å². The SMILES string of the molecule is CC/C(O)=C(\C=C(/C)O)c1cccc(CNC(=O)OC(C)(C)C)c1. The predicted octanol–water partition coefficient (Wildman–Crippen LogP) is 4.85. The van der Waals surface area contributed by atoms with E-state index in [0.29, 0.717) is 18.5 Å². The van der Waals surface area contributed by atoms with Crippen molar-refractivity contribution >= 4 is 11.7 Å².